The van der Waals surface area contributed by atoms with Gasteiger partial charge in [-0.25, -0.2) is 4.98 Å². The maximum atomic E-state index is 5.43. The summed E-state index contributed by atoms with van der Waals surface area (Å²) >= 11 is 5.43. The molecule has 0 spiro atoms. The van der Waals surface area contributed by atoms with Gasteiger partial charge in [0.15, 0.2) is 5.15 Å². The summed E-state index contributed by atoms with van der Waals surface area (Å²) in [5.41, 5.74) is 0. The van der Waals surface area contributed by atoms with Crippen molar-refractivity contribution in [2.45, 2.75) is 14.4 Å². The predicted octanol–water partition coefficient (Wildman–Crippen LogP) is 1.47. The van der Waals surface area contributed by atoms with E-state index in [-0.39, 0.29) is 7.43 Å². The van der Waals surface area contributed by atoms with E-state index in [4.69, 9.17) is 11.6 Å². The molecular weight excluding hydrogens is 138 g/mol. The second kappa shape index (κ2) is 3.35. The summed E-state index contributed by atoms with van der Waals surface area (Å²) in [6.07, 6.45) is 1.40. The van der Waals surface area contributed by atoms with Gasteiger partial charge in [-0.3, -0.25) is 0 Å². The molecule has 0 N–H and O–H groups in total. The van der Waals surface area contributed by atoms with E-state index >= 15 is 0 Å². The van der Waals surface area contributed by atoms with Crippen LogP contribution in [0.2, 0.25) is 5.15 Å². The number of nitrogens with zero attached hydrogens (tertiary/aromatic N) is 3. The van der Waals surface area contributed by atoms with Crippen LogP contribution in [0, 0.1) is 6.92 Å². The van der Waals surface area contributed by atoms with E-state index in [9.17, 15) is 0 Å². The van der Waals surface area contributed by atoms with Gasteiger partial charge in [-0.05, 0) is 6.92 Å². The maximum Gasteiger partial charge on any atom is 0.151 e. The van der Waals surface area contributed by atoms with Crippen LogP contribution >= 0.6 is 11.6 Å². The standard InChI is InChI=1S/C4H4ClN3.CH4/c1-3-7-4(5)2-6-8-3;/h2H,1H3;1H4. The van der Waals surface area contributed by atoms with Gasteiger partial charge in [-0.1, -0.05) is 19.0 Å². The molecule has 0 unspecified atom stereocenters. The summed E-state index contributed by atoms with van der Waals surface area (Å²) in [4.78, 5) is 3.77. The fourth-order valence-corrected chi connectivity index (χ4v) is 0.532. The molecule has 1 rings (SSSR count). The normalized spacial score (nSPS) is 8.22. The van der Waals surface area contributed by atoms with Crippen molar-refractivity contribution in [1.82, 2.24) is 15.2 Å². The Balaban J connectivity index is 0.000000640. The fourth-order valence-electron chi connectivity index (χ4n) is 0.366. The Labute approximate surface area is 59.1 Å². The zero-order valence-electron chi connectivity index (χ0n) is 4.30. The van der Waals surface area contributed by atoms with Crippen LogP contribution in [0.4, 0.5) is 0 Å². The SMILES string of the molecule is C.Cc1nncc(Cl)n1. The second-order valence-electron chi connectivity index (χ2n) is 1.33. The first-order valence-electron chi connectivity index (χ1n) is 2.11. The highest BCUT2D eigenvalue weighted by Crippen LogP contribution is 1.97. The zero-order chi connectivity index (χ0) is 5.98. The molecule has 0 atom stereocenters. The number of hydrogen-bond donors (Lipinski definition) is 0. The van der Waals surface area contributed by atoms with Crippen LogP contribution in [0.25, 0.3) is 0 Å². The molecule has 50 valence electrons. The van der Waals surface area contributed by atoms with Gasteiger partial charge in [0.05, 0.1) is 6.20 Å². The van der Waals surface area contributed by atoms with Crippen LogP contribution in [0.3, 0.4) is 0 Å². The number of rotatable bonds is 0. The average molecular weight is 146 g/mol. The molecule has 4 heteroatoms. The van der Waals surface area contributed by atoms with Crippen molar-refractivity contribution in [3.63, 3.8) is 0 Å². The van der Waals surface area contributed by atoms with E-state index in [1.165, 1.54) is 6.20 Å². The molecule has 1 aromatic heterocycles. The third kappa shape index (κ3) is 2.37. The molecule has 0 aliphatic carbocycles. The van der Waals surface area contributed by atoms with Crippen molar-refractivity contribution in [2.75, 3.05) is 0 Å². The Hall–Kier alpha value is -0.700. The Kier molecular flexibility index (Phi) is 3.09. The average Bonchev–Trinajstić information content (AvgIpc) is 1.64. The molecule has 0 aliphatic heterocycles. The van der Waals surface area contributed by atoms with Crippen LogP contribution in [-0.4, -0.2) is 15.2 Å². The molecule has 0 fully saturated rings. The fraction of sp³-hybridized carbons (Fsp3) is 0.400. The van der Waals surface area contributed by atoms with Gasteiger partial charge in [-0.2, -0.15) is 5.10 Å². The molecule has 9 heavy (non-hydrogen) atoms. The van der Waals surface area contributed by atoms with Crippen LogP contribution < -0.4 is 0 Å². The first-order chi connectivity index (χ1) is 3.79. The lowest BCUT2D eigenvalue weighted by Crippen LogP contribution is -1.88. The van der Waals surface area contributed by atoms with Crippen LogP contribution in [0.15, 0.2) is 6.20 Å². The third-order valence-corrected chi connectivity index (χ3v) is 0.817. The molecule has 0 bridgehead atoms. The Bertz CT molecular complexity index is 172. The van der Waals surface area contributed by atoms with Crippen molar-refractivity contribution in [1.29, 1.82) is 0 Å². The molecule has 0 amide bonds. The van der Waals surface area contributed by atoms with E-state index in [0.717, 1.165) is 0 Å². The minimum atomic E-state index is 0. The third-order valence-electron chi connectivity index (χ3n) is 0.635. The van der Waals surface area contributed by atoms with Crippen LogP contribution in [0.5, 0.6) is 0 Å². The molecule has 3 nitrogen and oxygen atoms in total. The van der Waals surface area contributed by atoms with Gasteiger partial charge in [0, 0.05) is 0 Å². The molecule has 1 heterocycles. The topological polar surface area (TPSA) is 38.7 Å². The number of aryl methyl sites for hydroxylation is 1. The first kappa shape index (κ1) is 8.30. The van der Waals surface area contributed by atoms with Gasteiger partial charge < -0.3 is 0 Å². The van der Waals surface area contributed by atoms with Crippen molar-refractivity contribution in [2.24, 2.45) is 0 Å². The van der Waals surface area contributed by atoms with E-state index < -0.39 is 0 Å². The van der Waals surface area contributed by atoms with Gasteiger partial charge in [0.2, 0.25) is 0 Å². The summed E-state index contributed by atoms with van der Waals surface area (Å²) in [5, 5.41) is 7.52. The molecule has 0 saturated heterocycles. The Morgan fingerprint density at radius 3 is 2.56 bits per heavy atom. The highest BCUT2D eigenvalue weighted by atomic mass is 35.5. The molecule has 0 radical (unpaired) electrons. The predicted molar refractivity (Wildman–Crippen MR) is 36.3 cm³/mol. The largest absolute Gasteiger partial charge is 0.218 e. The molecule has 1 aromatic rings. The van der Waals surface area contributed by atoms with E-state index in [0.29, 0.717) is 11.0 Å². The lowest BCUT2D eigenvalue weighted by Gasteiger charge is -1.85. The van der Waals surface area contributed by atoms with Gasteiger partial charge in [0.1, 0.15) is 5.82 Å². The minimum Gasteiger partial charge on any atom is -0.218 e. The van der Waals surface area contributed by atoms with Gasteiger partial charge >= 0.3 is 0 Å². The van der Waals surface area contributed by atoms with Crippen molar-refractivity contribution in [3.05, 3.63) is 17.2 Å². The number of hydrogen-bond acceptors (Lipinski definition) is 3. The summed E-state index contributed by atoms with van der Waals surface area (Å²) in [6, 6.07) is 0. The molecule has 0 aliphatic rings. The Morgan fingerprint density at radius 2 is 2.22 bits per heavy atom. The molecule has 0 saturated carbocycles. The highest BCUT2D eigenvalue weighted by molar-refractivity contribution is 6.29. The molecular formula is C5H8ClN3. The summed E-state index contributed by atoms with van der Waals surface area (Å²) in [5.74, 6) is 0.595. The monoisotopic (exact) mass is 145 g/mol. The maximum absolute atomic E-state index is 5.43. The van der Waals surface area contributed by atoms with Crippen LogP contribution in [-0.2, 0) is 0 Å². The van der Waals surface area contributed by atoms with E-state index in [2.05, 4.69) is 15.2 Å². The lowest BCUT2D eigenvalue weighted by atomic mass is 10.7. The quantitative estimate of drug-likeness (QED) is 0.555. The molecule has 0 aromatic carbocycles. The summed E-state index contributed by atoms with van der Waals surface area (Å²) in [6.45, 7) is 1.74. The second-order valence-corrected chi connectivity index (χ2v) is 1.71. The van der Waals surface area contributed by atoms with Crippen LogP contribution in [0.1, 0.15) is 13.3 Å². The highest BCUT2D eigenvalue weighted by Gasteiger charge is 1.87. The summed E-state index contributed by atoms with van der Waals surface area (Å²) < 4.78 is 0. The summed E-state index contributed by atoms with van der Waals surface area (Å²) in [7, 11) is 0. The smallest absolute Gasteiger partial charge is 0.151 e. The lowest BCUT2D eigenvalue weighted by molar-refractivity contribution is 0.907. The first-order valence-corrected chi connectivity index (χ1v) is 2.48. The van der Waals surface area contributed by atoms with E-state index in [1.54, 1.807) is 6.92 Å². The van der Waals surface area contributed by atoms with Gasteiger partial charge in [-0.15, -0.1) is 5.10 Å². The number of halogens is 1. The van der Waals surface area contributed by atoms with E-state index in [1.807, 2.05) is 0 Å². The van der Waals surface area contributed by atoms with Crippen molar-refractivity contribution >= 4 is 11.6 Å². The van der Waals surface area contributed by atoms with Crippen molar-refractivity contribution < 1.29 is 0 Å². The van der Waals surface area contributed by atoms with Crippen molar-refractivity contribution in [3.8, 4) is 0 Å². The number of aromatic nitrogens is 3. The van der Waals surface area contributed by atoms with Gasteiger partial charge in [0.25, 0.3) is 0 Å². The Morgan fingerprint density at radius 1 is 1.56 bits per heavy atom. The minimum absolute atomic E-state index is 0. The zero-order valence-corrected chi connectivity index (χ0v) is 5.05.